The van der Waals surface area contributed by atoms with Crippen molar-refractivity contribution in [1.82, 2.24) is 0 Å². The highest BCUT2D eigenvalue weighted by atomic mass is 35.5. The fraction of sp³-hybridized carbons (Fsp3) is 1.00. The van der Waals surface area contributed by atoms with E-state index in [1.165, 1.54) is 0 Å². The van der Waals surface area contributed by atoms with Crippen LogP contribution < -0.4 is 0 Å². The number of unbranched alkanes of at least 4 members (excludes halogenated alkanes) is 1. The molecule has 10 heavy (non-hydrogen) atoms. The van der Waals surface area contributed by atoms with Gasteiger partial charge in [0.2, 0.25) is 0 Å². The molecule has 0 saturated heterocycles. The van der Waals surface area contributed by atoms with E-state index in [4.69, 9.17) is 9.79 Å². The van der Waals surface area contributed by atoms with Crippen molar-refractivity contribution in [2.75, 3.05) is 6.16 Å². The Morgan fingerprint density at radius 2 is 1.70 bits per heavy atom. The fourth-order valence-corrected chi connectivity index (χ4v) is 1.09. The summed E-state index contributed by atoms with van der Waals surface area (Å²) in [7, 11) is -3.68. The standard InChI is InChI=1S/C4H11O3P.2ClH/c1-2-3-4-8(5,6)7;;/h2-4H2,1H3,(H2,5,6,7);2*1H. The molecule has 0 saturated carbocycles. The van der Waals surface area contributed by atoms with Crippen molar-refractivity contribution in [2.24, 2.45) is 0 Å². The maximum Gasteiger partial charge on any atom is 0.325 e. The summed E-state index contributed by atoms with van der Waals surface area (Å²) in [6, 6.07) is 0. The summed E-state index contributed by atoms with van der Waals surface area (Å²) in [5.74, 6) is 0. The molecule has 0 aliphatic rings. The van der Waals surface area contributed by atoms with E-state index in [1.54, 1.807) is 0 Å². The van der Waals surface area contributed by atoms with Crippen LogP contribution in [-0.2, 0) is 4.57 Å². The Hall–Kier alpha value is 0.730. The van der Waals surface area contributed by atoms with E-state index in [2.05, 4.69) is 0 Å². The van der Waals surface area contributed by atoms with Crippen molar-refractivity contribution in [3.05, 3.63) is 0 Å². The molecule has 0 fully saturated rings. The zero-order valence-corrected chi connectivity index (χ0v) is 8.22. The highest BCUT2D eigenvalue weighted by Crippen LogP contribution is 2.34. The predicted molar refractivity (Wildman–Crippen MR) is 46.3 cm³/mol. The second-order valence-corrected chi connectivity index (χ2v) is 3.52. The highest BCUT2D eigenvalue weighted by Gasteiger charge is 2.09. The maximum absolute atomic E-state index is 10.1. The molecule has 0 aromatic heterocycles. The predicted octanol–water partition coefficient (Wildman–Crippen LogP) is 1.81. The van der Waals surface area contributed by atoms with Crippen LogP contribution in [0.2, 0.25) is 0 Å². The van der Waals surface area contributed by atoms with E-state index in [0.717, 1.165) is 6.42 Å². The first kappa shape index (κ1) is 17.0. The lowest BCUT2D eigenvalue weighted by molar-refractivity contribution is 0.371. The molecule has 0 unspecified atom stereocenters. The van der Waals surface area contributed by atoms with Crippen molar-refractivity contribution < 1.29 is 14.4 Å². The SMILES string of the molecule is CCCCP(=O)(O)O.Cl.Cl. The van der Waals surface area contributed by atoms with Gasteiger partial charge in [-0.2, -0.15) is 0 Å². The number of hydrogen-bond acceptors (Lipinski definition) is 1. The zero-order chi connectivity index (χ0) is 6.62. The van der Waals surface area contributed by atoms with E-state index in [0.29, 0.717) is 6.42 Å². The first-order valence-electron chi connectivity index (χ1n) is 2.61. The molecule has 0 aliphatic carbocycles. The van der Waals surface area contributed by atoms with Gasteiger partial charge in [0, 0.05) is 6.16 Å². The third-order valence-electron chi connectivity index (χ3n) is 0.803. The number of halogens is 2. The summed E-state index contributed by atoms with van der Waals surface area (Å²) in [6.07, 6.45) is 1.49. The van der Waals surface area contributed by atoms with Crippen LogP contribution in [0.25, 0.3) is 0 Å². The van der Waals surface area contributed by atoms with Gasteiger partial charge in [0.25, 0.3) is 0 Å². The van der Waals surface area contributed by atoms with Gasteiger partial charge in [-0.15, -0.1) is 24.8 Å². The second-order valence-electron chi connectivity index (χ2n) is 1.74. The van der Waals surface area contributed by atoms with Gasteiger partial charge < -0.3 is 9.79 Å². The van der Waals surface area contributed by atoms with Gasteiger partial charge in [-0.3, -0.25) is 4.57 Å². The van der Waals surface area contributed by atoms with Crippen LogP contribution in [0.4, 0.5) is 0 Å². The third-order valence-corrected chi connectivity index (χ3v) is 1.70. The number of rotatable bonds is 3. The summed E-state index contributed by atoms with van der Waals surface area (Å²) in [4.78, 5) is 16.5. The Kier molecular flexibility index (Phi) is 13.3. The molecule has 0 aliphatic heterocycles. The van der Waals surface area contributed by atoms with E-state index in [9.17, 15) is 4.57 Å². The smallest absolute Gasteiger partial charge is 0.324 e. The topological polar surface area (TPSA) is 57.5 Å². The van der Waals surface area contributed by atoms with E-state index < -0.39 is 7.60 Å². The molecule has 0 radical (unpaired) electrons. The average Bonchev–Trinajstić information content (AvgIpc) is 1.59. The van der Waals surface area contributed by atoms with Crippen molar-refractivity contribution in [2.45, 2.75) is 19.8 Å². The van der Waals surface area contributed by atoms with E-state index in [-0.39, 0.29) is 31.0 Å². The minimum absolute atomic E-state index is 0. The van der Waals surface area contributed by atoms with Crippen LogP contribution in [0.1, 0.15) is 19.8 Å². The first-order valence-corrected chi connectivity index (χ1v) is 4.40. The van der Waals surface area contributed by atoms with Crippen LogP contribution in [0.15, 0.2) is 0 Å². The lowest BCUT2D eigenvalue weighted by atomic mass is 10.4. The molecule has 3 nitrogen and oxygen atoms in total. The van der Waals surface area contributed by atoms with Crippen LogP contribution in [0.5, 0.6) is 0 Å². The Labute approximate surface area is 73.2 Å². The van der Waals surface area contributed by atoms with Crippen molar-refractivity contribution in [3.63, 3.8) is 0 Å². The van der Waals surface area contributed by atoms with Crippen molar-refractivity contribution >= 4 is 32.4 Å². The van der Waals surface area contributed by atoms with Crippen LogP contribution in [-0.4, -0.2) is 15.9 Å². The Balaban J connectivity index is -0.000000245. The van der Waals surface area contributed by atoms with Crippen molar-refractivity contribution in [1.29, 1.82) is 0 Å². The molecule has 0 bridgehead atoms. The summed E-state index contributed by atoms with van der Waals surface area (Å²) in [5.41, 5.74) is 0. The lowest BCUT2D eigenvalue weighted by Crippen LogP contribution is -1.84. The Morgan fingerprint density at radius 3 is 1.80 bits per heavy atom. The molecule has 2 N–H and O–H groups in total. The van der Waals surface area contributed by atoms with Crippen LogP contribution in [0.3, 0.4) is 0 Å². The zero-order valence-electron chi connectivity index (χ0n) is 5.69. The average molecular weight is 211 g/mol. The van der Waals surface area contributed by atoms with Gasteiger partial charge in [-0.05, 0) is 6.42 Å². The molecule has 6 heteroatoms. The molecule has 0 aromatic rings. The summed E-state index contributed by atoms with van der Waals surface area (Å²) in [5, 5.41) is 0. The molecule has 0 aromatic carbocycles. The largest absolute Gasteiger partial charge is 0.325 e. The molecule has 66 valence electrons. The van der Waals surface area contributed by atoms with Gasteiger partial charge in [0.05, 0.1) is 0 Å². The fourth-order valence-electron chi connectivity index (χ4n) is 0.364. The highest BCUT2D eigenvalue weighted by molar-refractivity contribution is 7.51. The quantitative estimate of drug-likeness (QED) is 0.699. The maximum atomic E-state index is 10.1. The third kappa shape index (κ3) is 15.9. The van der Waals surface area contributed by atoms with Gasteiger partial charge in [-0.1, -0.05) is 13.3 Å². The van der Waals surface area contributed by atoms with Gasteiger partial charge in [0.1, 0.15) is 0 Å². The normalized spacial score (nSPS) is 9.50. The molecule has 0 atom stereocenters. The molecular formula is C4H13Cl2O3P. The minimum Gasteiger partial charge on any atom is -0.324 e. The molecule has 0 amide bonds. The van der Waals surface area contributed by atoms with Gasteiger partial charge >= 0.3 is 7.60 Å². The summed E-state index contributed by atoms with van der Waals surface area (Å²) < 4.78 is 10.1. The van der Waals surface area contributed by atoms with Gasteiger partial charge in [0.15, 0.2) is 0 Å². The lowest BCUT2D eigenvalue weighted by Gasteiger charge is -1.98. The summed E-state index contributed by atoms with van der Waals surface area (Å²) in [6.45, 7) is 1.90. The molecular weight excluding hydrogens is 198 g/mol. The molecule has 0 heterocycles. The molecule has 0 rings (SSSR count). The second kappa shape index (κ2) is 7.83. The first-order chi connectivity index (χ1) is 3.56. The summed E-state index contributed by atoms with van der Waals surface area (Å²) >= 11 is 0. The van der Waals surface area contributed by atoms with Crippen molar-refractivity contribution in [3.8, 4) is 0 Å². The van der Waals surface area contributed by atoms with E-state index >= 15 is 0 Å². The Bertz CT molecular complexity index is 103. The monoisotopic (exact) mass is 210 g/mol. The van der Waals surface area contributed by atoms with Crippen LogP contribution >= 0.6 is 32.4 Å². The molecule has 0 spiro atoms. The Morgan fingerprint density at radius 1 is 1.30 bits per heavy atom. The van der Waals surface area contributed by atoms with Gasteiger partial charge in [-0.25, -0.2) is 0 Å². The number of hydrogen-bond donors (Lipinski definition) is 2. The van der Waals surface area contributed by atoms with Crippen LogP contribution in [0, 0.1) is 0 Å². The van der Waals surface area contributed by atoms with E-state index in [1.807, 2.05) is 6.92 Å². The minimum atomic E-state index is -3.68.